The first kappa shape index (κ1) is 16.1. The third-order valence-electron chi connectivity index (χ3n) is 4.41. The van der Waals surface area contributed by atoms with Gasteiger partial charge in [0.2, 0.25) is 0 Å². The van der Waals surface area contributed by atoms with Crippen molar-refractivity contribution in [2.24, 2.45) is 5.92 Å². The number of methoxy groups -OCH3 is 1. The Balaban J connectivity index is 1.79. The smallest absolute Gasteiger partial charge is 0.308 e. The molecule has 1 aliphatic heterocycles. The fourth-order valence-electron chi connectivity index (χ4n) is 3.03. The number of fused-ring (bicyclic) bond motifs is 1. The Kier molecular flexibility index (Phi) is 4.43. The van der Waals surface area contributed by atoms with E-state index in [4.69, 9.17) is 9.15 Å². The first-order valence-electron chi connectivity index (χ1n) is 7.57. The number of esters is 1. The van der Waals surface area contributed by atoms with Gasteiger partial charge in [0.25, 0.3) is 5.91 Å². The van der Waals surface area contributed by atoms with E-state index < -0.39 is 0 Å². The number of carbonyl (C=O) groups excluding carboxylic acids is 2. The molecular formula is C17H18BrNO4. The van der Waals surface area contributed by atoms with Gasteiger partial charge in [0.1, 0.15) is 5.58 Å². The van der Waals surface area contributed by atoms with Crippen molar-refractivity contribution < 1.29 is 18.7 Å². The third kappa shape index (κ3) is 3.00. The van der Waals surface area contributed by atoms with Crippen LogP contribution in [0.15, 0.2) is 27.1 Å². The zero-order valence-corrected chi connectivity index (χ0v) is 14.7. The molecule has 1 aliphatic rings. The largest absolute Gasteiger partial charge is 0.469 e. The predicted octanol–water partition coefficient (Wildman–Crippen LogP) is 3.53. The lowest BCUT2D eigenvalue weighted by Crippen LogP contribution is -2.40. The van der Waals surface area contributed by atoms with Gasteiger partial charge in [-0.1, -0.05) is 15.9 Å². The second kappa shape index (κ2) is 6.35. The minimum absolute atomic E-state index is 0.113. The summed E-state index contributed by atoms with van der Waals surface area (Å²) in [6.07, 6.45) is 1.26. The molecule has 0 saturated carbocycles. The van der Waals surface area contributed by atoms with Crippen LogP contribution in [0.5, 0.6) is 0 Å². The molecule has 122 valence electrons. The van der Waals surface area contributed by atoms with Crippen LogP contribution in [-0.4, -0.2) is 37.0 Å². The van der Waals surface area contributed by atoms with Crippen LogP contribution < -0.4 is 0 Å². The van der Waals surface area contributed by atoms with Crippen LogP contribution in [0.2, 0.25) is 0 Å². The molecule has 0 atom stereocenters. The van der Waals surface area contributed by atoms with Gasteiger partial charge in [-0.15, -0.1) is 0 Å². The van der Waals surface area contributed by atoms with E-state index in [1.54, 1.807) is 4.90 Å². The van der Waals surface area contributed by atoms with Crippen LogP contribution in [0.4, 0.5) is 0 Å². The molecule has 0 aliphatic carbocycles. The number of piperidine rings is 1. The Morgan fingerprint density at radius 3 is 2.65 bits per heavy atom. The van der Waals surface area contributed by atoms with Gasteiger partial charge in [0, 0.05) is 28.5 Å². The molecule has 1 fully saturated rings. The summed E-state index contributed by atoms with van der Waals surface area (Å²) < 4.78 is 11.5. The number of rotatable bonds is 2. The monoisotopic (exact) mass is 379 g/mol. The molecule has 0 spiro atoms. The van der Waals surface area contributed by atoms with Gasteiger partial charge in [-0.25, -0.2) is 0 Å². The Labute approximate surface area is 142 Å². The average Bonchev–Trinajstić information content (AvgIpc) is 2.90. The SMILES string of the molecule is COC(=O)C1CCN(C(=O)c2oc3ccc(Br)cc3c2C)CC1. The number of ether oxygens (including phenoxy) is 1. The lowest BCUT2D eigenvalue weighted by Gasteiger charge is -2.30. The molecule has 1 aromatic heterocycles. The fourth-order valence-corrected chi connectivity index (χ4v) is 3.39. The fraction of sp³-hybridized carbons (Fsp3) is 0.412. The lowest BCUT2D eigenvalue weighted by atomic mass is 9.97. The topological polar surface area (TPSA) is 59.8 Å². The van der Waals surface area contributed by atoms with Gasteiger partial charge >= 0.3 is 5.97 Å². The molecule has 0 bridgehead atoms. The highest BCUT2D eigenvalue weighted by Crippen LogP contribution is 2.30. The van der Waals surface area contributed by atoms with Gasteiger partial charge in [-0.3, -0.25) is 9.59 Å². The van der Waals surface area contributed by atoms with E-state index in [1.165, 1.54) is 7.11 Å². The van der Waals surface area contributed by atoms with E-state index in [9.17, 15) is 9.59 Å². The van der Waals surface area contributed by atoms with E-state index in [0.29, 0.717) is 37.3 Å². The first-order chi connectivity index (χ1) is 11.0. The molecule has 5 nitrogen and oxygen atoms in total. The summed E-state index contributed by atoms with van der Waals surface area (Å²) in [4.78, 5) is 26.0. The van der Waals surface area contributed by atoms with Crippen molar-refractivity contribution in [2.75, 3.05) is 20.2 Å². The number of nitrogens with zero attached hydrogens (tertiary/aromatic N) is 1. The molecule has 0 radical (unpaired) electrons. The minimum atomic E-state index is -0.193. The predicted molar refractivity (Wildman–Crippen MR) is 89.3 cm³/mol. The summed E-state index contributed by atoms with van der Waals surface area (Å²) in [6, 6.07) is 5.70. The van der Waals surface area contributed by atoms with E-state index in [1.807, 2.05) is 25.1 Å². The number of amides is 1. The third-order valence-corrected chi connectivity index (χ3v) is 4.90. The standard InChI is InChI=1S/C17H18BrNO4/c1-10-13-9-12(18)3-4-14(13)23-15(10)16(20)19-7-5-11(6-8-19)17(21)22-2/h3-4,9,11H,5-8H2,1-2H3. The Bertz CT molecular complexity index is 759. The van der Waals surface area contributed by atoms with Gasteiger partial charge in [-0.05, 0) is 38.0 Å². The van der Waals surface area contributed by atoms with Crippen molar-refractivity contribution >= 4 is 38.8 Å². The molecule has 0 N–H and O–H groups in total. The molecule has 6 heteroatoms. The normalized spacial score (nSPS) is 15.9. The molecule has 2 heterocycles. The average molecular weight is 380 g/mol. The van der Waals surface area contributed by atoms with Crippen molar-refractivity contribution in [3.8, 4) is 0 Å². The zero-order valence-electron chi connectivity index (χ0n) is 13.1. The van der Waals surface area contributed by atoms with E-state index in [-0.39, 0.29) is 17.8 Å². The highest BCUT2D eigenvalue weighted by Gasteiger charge is 2.30. The summed E-state index contributed by atoms with van der Waals surface area (Å²) in [5.74, 6) is -0.0357. The number of carbonyl (C=O) groups is 2. The number of hydrogen-bond donors (Lipinski definition) is 0. The van der Waals surface area contributed by atoms with Crippen molar-refractivity contribution in [3.05, 3.63) is 34.0 Å². The number of furan rings is 1. The van der Waals surface area contributed by atoms with Crippen molar-refractivity contribution in [3.63, 3.8) is 0 Å². The number of likely N-dealkylation sites (tertiary alicyclic amines) is 1. The molecule has 3 rings (SSSR count). The summed E-state index contributed by atoms with van der Waals surface area (Å²) in [5.41, 5.74) is 1.56. The maximum absolute atomic E-state index is 12.7. The summed E-state index contributed by atoms with van der Waals surface area (Å²) >= 11 is 3.44. The van der Waals surface area contributed by atoms with Crippen LogP contribution in [0, 0.1) is 12.8 Å². The number of aryl methyl sites for hydroxylation is 1. The molecule has 1 amide bonds. The van der Waals surface area contributed by atoms with Gasteiger partial charge in [-0.2, -0.15) is 0 Å². The second-order valence-corrected chi connectivity index (χ2v) is 6.70. The molecule has 1 saturated heterocycles. The number of benzene rings is 1. The summed E-state index contributed by atoms with van der Waals surface area (Å²) in [6.45, 7) is 2.98. The summed E-state index contributed by atoms with van der Waals surface area (Å²) in [5, 5.41) is 0.937. The lowest BCUT2D eigenvalue weighted by molar-refractivity contribution is -0.146. The van der Waals surface area contributed by atoms with Gasteiger partial charge in [0.05, 0.1) is 13.0 Å². The Morgan fingerprint density at radius 1 is 1.30 bits per heavy atom. The van der Waals surface area contributed by atoms with Crippen molar-refractivity contribution in [1.82, 2.24) is 4.90 Å². The van der Waals surface area contributed by atoms with Crippen LogP contribution in [-0.2, 0) is 9.53 Å². The van der Waals surface area contributed by atoms with E-state index >= 15 is 0 Å². The Morgan fingerprint density at radius 2 is 2.00 bits per heavy atom. The van der Waals surface area contributed by atoms with E-state index in [0.717, 1.165) is 15.4 Å². The zero-order chi connectivity index (χ0) is 16.6. The van der Waals surface area contributed by atoms with Crippen LogP contribution >= 0.6 is 15.9 Å². The van der Waals surface area contributed by atoms with Crippen LogP contribution in [0.3, 0.4) is 0 Å². The van der Waals surface area contributed by atoms with Crippen LogP contribution in [0.1, 0.15) is 29.0 Å². The Hall–Kier alpha value is -1.82. The number of hydrogen-bond acceptors (Lipinski definition) is 4. The first-order valence-corrected chi connectivity index (χ1v) is 8.36. The molecular weight excluding hydrogens is 362 g/mol. The van der Waals surface area contributed by atoms with Gasteiger partial charge < -0.3 is 14.1 Å². The van der Waals surface area contributed by atoms with E-state index in [2.05, 4.69) is 15.9 Å². The second-order valence-electron chi connectivity index (χ2n) is 5.79. The number of halogens is 1. The maximum atomic E-state index is 12.7. The summed E-state index contributed by atoms with van der Waals surface area (Å²) in [7, 11) is 1.40. The van der Waals surface area contributed by atoms with Crippen molar-refractivity contribution in [2.45, 2.75) is 19.8 Å². The minimum Gasteiger partial charge on any atom is -0.469 e. The maximum Gasteiger partial charge on any atom is 0.308 e. The molecule has 1 aromatic carbocycles. The van der Waals surface area contributed by atoms with Crippen LogP contribution in [0.25, 0.3) is 11.0 Å². The highest BCUT2D eigenvalue weighted by atomic mass is 79.9. The molecule has 2 aromatic rings. The van der Waals surface area contributed by atoms with Crippen molar-refractivity contribution in [1.29, 1.82) is 0 Å². The highest BCUT2D eigenvalue weighted by molar-refractivity contribution is 9.10. The molecule has 0 unspecified atom stereocenters. The molecule has 23 heavy (non-hydrogen) atoms. The quantitative estimate of drug-likeness (QED) is 0.748. The van der Waals surface area contributed by atoms with Gasteiger partial charge in [0.15, 0.2) is 5.76 Å².